The predicted octanol–water partition coefficient (Wildman–Crippen LogP) is 6.46. The van der Waals surface area contributed by atoms with Gasteiger partial charge in [-0.1, -0.05) is 38.7 Å². The number of halogens is 2. The van der Waals surface area contributed by atoms with Gasteiger partial charge in [0.1, 0.15) is 6.73 Å². The second kappa shape index (κ2) is 11.7. The maximum Gasteiger partial charge on any atom is 0.159 e. The first-order valence-electron chi connectivity index (χ1n) is 13.1. The van der Waals surface area contributed by atoms with E-state index in [-0.39, 0.29) is 18.8 Å². The van der Waals surface area contributed by atoms with Gasteiger partial charge in [0.2, 0.25) is 0 Å². The van der Waals surface area contributed by atoms with Crippen LogP contribution in [-0.2, 0) is 11.5 Å². The van der Waals surface area contributed by atoms with Crippen LogP contribution in [-0.4, -0.2) is 48.2 Å². The zero-order valence-electron chi connectivity index (χ0n) is 23.0. The fraction of sp³-hybridized carbons (Fsp3) is 0.414. The number of hydrazone groups is 1. The Balaban J connectivity index is 1.67. The predicted molar refractivity (Wildman–Crippen MR) is 154 cm³/mol. The summed E-state index contributed by atoms with van der Waals surface area (Å²) in [6.45, 7) is 14.1. The molecule has 202 valence electrons. The molecule has 0 radical (unpaired) electrons. The first-order valence-corrected chi connectivity index (χ1v) is 16.8. The normalized spacial score (nSPS) is 23.7. The molecular weight excluding hydrogens is 500 g/mol. The van der Waals surface area contributed by atoms with E-state index in [2.05, 4.69) is 49.0 Å². The molecule has 4 rings (SSSR count). The number of aromatic nitrogens is 2. The molecule has 0 amide bonds. The number of nitrogens with zero attached hydrogens (tertiary/aromatic N) is 4. The fourth-order valence-corrected chi connectivity index (χ4v) is 5.08. The van der Waals surface area contributed by atoms with Gasteiger partial charge in [-0.25, -0.2) is 13.8 Å². The van der Waals surface area contributed by atoms with Crippen LogP contribution in [0, 0.1) is 17.6 Å². The molecule has 0 bridgehead atoms. The molecule has 6 nitrogen and oxygen atoms in total. The summed E-state index contributed by atoms with van der Waals surface area (Å²) in [5.41, 5.74) is 7.68. The molecule has 0 saturated carbocycles. The van der Waals surface area contributed by atoms with Crippen LogP contribution in [0.15, 0.2) is 64.5 Å². The SMILES string of the molecule is C/C=C1/C=C(c2ncn(COCC[Si](C)(C)C)c2-c2ccc(F)c(F)c2)C=CC1=NC1C=NN[C@@H](C)[C@@H]1C. The molecular formula is C29H37F2N5OSi. The van der Waals surface area contributed by atoms with Crippen molar-refractivity contribution in [2.24, 2.45) is 16.0 Å². The minimum Gasteiger partial charge on any atom is -0.361 e. The topological polar surface area (TPSA) is 63.8 Å². The molecule has 2 aliphatic rings. The van der Waals surface area contributed by atoms with Crippen LogP contribution in [0.1, 0.15) is 26.5 Å². The molecule has 0 spiro atoms. The van der Waals surface area contributed by atoms with Gasteiger partial charge in [-0.3, -0.25) is 4.99 Å². The third-order valence-corrected chi connectivity index (χ3v) is 8.69. The Bertz CT molecular complexity index is 1320. The highest BCUT2D eigenvalue weighted by Crippen LogP contribution is 2.33. The second-order valence-corrected chi connectivity index (χ2v) is 16.7. The molecule has 1 aliphatic carbocycles. The summed E-state index contributed by atoms with van der Waals surface area (Å²) in [5.74, 6) is -1.48. The van der Waals surface area contributed by atoms with Crippen LogP contribution >= 0.6 is 0 Å². The van der Waals surface area contributed by atoms with Gasteiger partial charge in [0.25, 0.3) is 0 Å². The van der Waals surface area contributed by atoms with Crippen molar-refractivity contribution in [2.45, 2.75) is 65.3 Å². The van der Waals surface area contributed by atoms with Crippen LogP contribution in [0.4, 0.5) is 8.78 Å². The van der Waals surface area contributed by atoms with Crippen LogP contribution in [0.5, 0.6) is 0 Å². The largest absolute Gasteiger partial charge is 0.361 e. The molecule has 1 aromatic heterocycles. The Hall–Kier alpha value is -3.17. The van der Waals surface area contributed by atoms with Crippen LogP contribution in [0.25, 0.3) is 16.8 Å². The van der Waals surface area contributed by atoms with Gasteiger partial charge in [-0.05, 0) is 55.8 Å². The number of aliphatic imine (C=N–C) groups is 1. The minimum atomic E-state index is -1.24. The summed E-state index contributed by atoms with van der Waals surface area (Å²) in [7, 11) is -1.24. The molecule has 1 aromatic carbocycles. The van der Waals surface area contributed by atoms with Crippen molar-refractivity contribution in [3.05, 3.63) is 71.7 Å². The Morgan fingerprint density at radius 3 is 2.66 bits per heavy atom. The van der Waals surface area contributed by atoms with Crippen LogP contribution in [0.2, 0.25) is 25.7 Å². The maximum absolute atomic E-state index is 14.3. The highest BCUT2D eigenvalue weighted by Gasteiger charge is 2.26. The third kappa shape index (κ3) is 6.45. The molecule has 2 heterocycles. The standard InChI is InChI=1S/C29H37F2N5OSi/c1-7-21-14-22(9-11-26(21)34-27-16-33-35-20(3)19(27)2)28-29(23-8-10-24(30)25(31)15-23)36(17-32-28)18-37-12-13-38(4,5)6/h7-11,14-17,19-20,27,35H,12-13,18H2,1-6H3/b21-7-,34-26?/t19-,20-,27?/m0/s1. The third-order valence-electron chi connectivity index (χ3n) is 6.99. The van der Waals surface area contributed by atoms with Crippen LogP contribution < -0.4 is 5.43 Å². The van der Waals surface area contributed by atoms with E-state index in [9.17, 15) is 8.78 Å². The molecule has 1 N–H and O–H groups in total. The summed E-state index contributed by atoms with van der Waals surface area (Å²) < 4.78 is 35.9. The quantitative estimate of drug-likeness (QED) is 0.310. The highest BCUT2D eigenvalue weighted by atomic mass is 28.3. The average molecular weight is 538 g/mol. The van der Waals surface area contributed by atoms with Gasteiger partial charge < -0.3 is 14.7 Å². The van der Waals surface area contributed by atoms with E-state index in [0.29, 0.717) is 29.5 Å². The van der Waals surface area contributed by atoms with E-state index >= 15 is 0 Å². The number of nitrogens with one attached hydrogen (secondary N) is 1. The van der Waals surface area contributed by atoms with Crippen molar-refractivity contribution < 1.29 is 13.5 Å². The van der Waals surface area contributed by atoms with Gasteiger partial charge in [0.05, 0.1) is 29.5 Å². The lowest BCUT2D eigenvalue weighted by atomic mass is 9.93. The first kappa shape index (κ1) is 27.9. The Labute approximate surface area is 224 Å². The molecule has 9 heteroatoms. The minimum absolute atomic E-state index is 0.0268. The maximum atomic E-state index is 14.3. The fourth-order valence-electron chi connectivity index (χ4n) is 4.33. The van der Waals surface area contributed by atoms with E-state index in [1.54, 1.807) is 12.4 Å². The smallest absolute Gasteiger partial charge is 0.159 e. The van der Waals surface area contributed by atoms with Crippen molar-refractivity contribution >= 4 is 25.6 Å². The number of hydrogen-bond acceptors (Lipinski definition) is 5. The first-order chi connectivity index (χ1) is 18.1. The average Bonchev–Trinajstić information content (AvgIpc) is 3.30. The molecule has 1 aliphatic heterocycles. The number of ether oxygens (including phenoxy) is 1. The number of allylic oxidation sites excluding steroid dienone is 6. The highest BCUT2D eigenvalue weighted by molar-refractivity contribution is 6.76. The monoisotopic (exact) mass is 537 g/mol. The lowest BCUT2D eigenvalue weighted by molar-refractivity contribution is 0.0882. The van der Waals surface area contributed by atoms with E-state index in [1.165, 1.54) is 6.07 Å². The molecule has 0 saturated heterocycles. The molecule has 1 unspecified atom stereocenters. The van der Waals surface area contributed by atoms with Gasteiger partial charge in [0.15, 0.2) is 11.6 Å². The van der Waals surface area contributed by atoms with Crippen molar-refractivity contribution in [3.8, 4) is 11.3 Å². The zero-order valence-corrected chi connectivity index (χ0v) is 24.0. The lowest BCUT2D eigenvalue weighted by Gasteiger charge is -2.28. The molecule has 38 heavy (non-hydrogen) atoms. The van der Waals surface area contributed by atoms with Crippen molar-refractivity contribution in [1.29, 1.82) is 0 Å². The number of imidazole rings is 1. The number of benzene rings is 1. The van der Waals surface area contributed by atoms with E-state index < -0.39 is 19.7 Å². The van der Waals surface area contributed by atoms with Gasteiger partial charge in [-0.15, -0.1) is 0 Å². The Morgan fingerprint density at radius 2 is 1.95 bits per heavy atom. The number of rotatable bonds is 8. The van der Waals surface area contributed by atoms with Crippen molar-refractivity contribution in [3.63, 3.8) is 0 Å². The zero-order chi connectivity index (χ0) is 27.4. The molecule has 2 aromatic rings. The van der Waals surface area contributed by atoms with Crippen LogP contribution in [0.3, 0.4) is 0 Å². The van der Waals surface area contributed by atoms with E-state index in [0.717, 1.165) is 29.0 Å². The van der Waals surface area contributed by atoms with Gasteiger partial charge >= 0.3 is 0 Å². The van der Waals surface area contributed by atoms with Gasteiger partial charge in [0, 0.05) is 44.0 Å². The number of hydrogen-bond donors (Lipinski definition) is 1. The summed E-state index contributed by atoms with van der Waals surface area (Å²) in [5, 5.41) is 4.25. The Morgan fingerprint density at radius 1 is 1.16 bits per heavy atom. The van der Waals surface area contributed by atoms with E-state index in [1.807, 2.05) is 42.0 Å². The summed E-state index contributed by atoms with van der Waals surface area (Å²) in [6.07, 6.45) is 11.6. The van der Waals surface area contributed by atoms with Crippen molar-refractivity contribution in [2.75, 3.05) is 6.61 Å². The lowest BCUT2D eigenvalue weighted by Crippen LogP contribution is -2.40. The summed E-state index contributed by atoms with van der Waals surface area (Å²) >= 11 is 0. The second-order valence-electron chi connectivity index (χ2n) is 11.1. The molecule has 0 fully saturated rings. The summed E-state index contributed by atoms with van der Waals surface area (Å²) in [4.78, 5) is 9.66. The summed E-state index contributed by atoms with van der Waals surface area (Å²) in [6, 6.07) is 5.18. The molecule has 3 atom stereocenters. The van der Waals surface area contributed by atoms with Gasteiger partial charge in [-0.2, -0.15) is 5.10 Å². The van der Waals surface area contributed by atoms with Crippen molar-refractivity contribution in [1.82, 2.24) is 15.0 Å². The van der Waals surface area contributed by atoms with E-state index in [4.69, 9.17) is 9.73 Å². The Kier molecular flexibility index (Phi) is 8.57.